The molecule has 3 aromatic carbocycles. The summed E-state index contributed by atoms with van der Waals surface area (Å²) in [6.07, 6.45) is 0.462. The number of benzene rings is 3. The predicted molar refractivity (Wildman–Crippen MR) is 142 cm³/mol. The normalized spacial score (nSPS) is 11.0. The second-order valence-corrected chi connectivity index (χ2v) is 9.51. The molecule has 9 nitrogen and oxygen atoms in total. The number of hydrogen-bond donors (Lipinski definition) is 3. The van der Waals surface area contributed by atoms with Crippen LogP contribution in [0.25, 0.3) is 11.0 Å². The molecule has 2 aromatic heterocycles. The smallest absolute Gasteiger partial charge is 0.307 e. The molecule has 0 saturated carbocycles. The molecule has 0 aliphatic carbocycles. The fourth-order valence-corrected chi connectivity index (χ4v) is 4.62. The van der Waals surface area contributed by atoms with Gasteiger partial charge < -0.3 is 24.5 Å². The van der Waals surface area contributed by atoms with Gasteiger partial charge in [-0.05, 0) is 54.1 Å². The van der Waals surface area contributed by atoms with Gasteiger partial charge in [0.25, 0.3) is 0 Å². The van der Waals surface area contributed by atoms with Crippen LogP contribution in [0.15, 0.2) is 71.5 Å². The van der Waals surface area contributed by atoms with Gasteiger partial charge in [0.2, 0.25) is 11.8 Å². The number of fused-ring (bicyclic) bond motifs is 1. The molecule has 0 atom stereocenters. The van der Waals surface area contributed by atoms with Crippen molar-refractivity contribution in [3.63, 3.8) is 0 Å². The summed E-state index contributed by atoms with van der Waals surface area (Å²) >= 11 is 1.00. The molecule has 0 unspecified atom stereocenters. The molecule has 188 valence electrons. The lowest BCUT2D eigenvalue weighted by Gasteiger charge is -2.08. The Bertz CT molecular complexity index is 1620. The van der Waals surface area contributed by atoms with Gasteiger partial charge in [-0.1, -0.05) is 23.5 Å². The Kier molecular flexibility index (Phi) is 6.65. The minimum absolute atomic E-state index is 0.0781. The first-order valence-electron chi connectivity index (χ1n) is 11.5. The molecule has 3 N–H and O–H groups in total. The number of hydrogen-bond acceptors (Lipinski definition) is 7. The summed E-state index contributed by atoms with van der Waals surface area (Å²) in [5.74, 6) is 2.58. The highest BCUT2D eigenvalue weighted by molar-refractivity contribution is 7.09. The molecule has 10 heteroatoms. The maximum absolute atomic E-state index is 11.4. The Balaban J connectivity index is 1.24. The third kappa shape index (κ3) is 5.65. The lowest BCUT2D eigenvalue weighted by molar-refractivity contribution is -0.114. The topological polar surface area (TPSA) is 118 Å². The van der Waals surface area contributed by atoms with E-state index in [0.29, 0.717) is 34.2 Å². The second kappa shape index (κ2) is 10.2. The first kappa shape index (κ1) is 24.1. The second-order valence-electron chi connectivity index (χ2n) is 8.44. The van der Waals surface area contributed by atoms with E-state index in [9.17, 15) is 14.7 Å². The number of aromatic amines is 1. The lowest BCUT2D eigenvalue weighted by Crippen LogP contribution is -2.05. The molecule has 5 rings (SSSR count). The number of amides is 1. The van der Waals surface area contributed by atoms with Crippen molar-refractivity contribution in [1.82, 2.24) is 14.5 Å². The quantitative estimate of drug-likeness (QED) is 0.269. The number of aromatic hydroxyl groups is 1. The van der Waals surface area contributed by atoms with Gasteiger partial charge in [0.1, 0.15) is 29.7 Å². The highest BCUT2D eigenvalue weighted by Gasteiger charge is 2.11. The molecule has 0 spiro atoms. The van der Waals surface area contributed by atoms with Crippen molar-refractivity contribution in [3.05, 3.63) is 92.7 Å². The summed E-state index contributed by atoms with van der Waals surface area (Å²) < 4.78 is 13.9. The van der Waals surface area contributed by atoms with Crippen LogP contribution in [0, 0.1) is 0 Å². The van der Waals surface area contributed by atoms with Crippen LogP contribution >= 0.6 is 11.3 Å². The molecule has 0 aliphatic rings. The van der Waals surface area contributed by atoms with Gasteiger partial charge in [0, 0.05) is 32.1 Å². The number of nitrogens with zero attached hydrogens (tertiary/aromatic N) is 2. The molecule has 0 saturated heterocycles. The van der Waals surface area contributed by atoms with Crippen molar-refractivity contribution in [2.45, 2.75) is 20.0 Å². The maximum Gasteiger partial charge on any atom is 0.307 e. The lowest BCUT2D eigenvalue weighted by atomic mass is 10.1. The van der Waals surface area contributed by atoms with Crippen LogP contribution in [0.1, 0.15) is 23.2 Å². The average Bonchev–Trinajstić information content (AvgIpc) is 3.36. The van der Waals surface area contributed by atoms with Crippen molar-refractivity contribution < 1.29 is 19.4 Å². The van der Waals surface area contributed by atoms with Crippen molar-refractivity contribution in [2.75, 3.05) is 5.32 Å². The van der Waals surface area contributed by atoms with Crippen LogP contribution in [0.2, 0.25) is 0 Å². The minimum atomic E-state index is -0.272. The third-order valence-corrected chi connectivity index (χ3v) is 6.58. The number of aryl methyl sites for hydroxylation is 1. The van der Waals surface area contributed by atoms with E-state index in [1.54, 1.807) is 24.3 Å². The summed E-state index contributed by atoms with van der Waals surface area (Å²) in [5.41, 5.74) is 3.40. The van der Waals surface area contributed by atoms with Crippen LogP contribution in [0.5, 0.6) is 23.1 Å². The number of ether oxygens (including phenoxy) is 2. The largest absolute Gasteiger partial charge is 0.494 e. The number of carbonyl (C=O) groups excluding carboxylic acids is 1. The van der Waals surface area contributed by atoms with Gasteiger partial charge >= 0.3 is 4.87 Å². The Hall–Kier alpha value is -4.57. The van der Waals surface area contributed by atoms with Gasteiger partial charge in [0.05, 0.1) is 15.9 Å². The number of anilines is 1. The number of H-pyrrole nitrogens is 1. The van der Waals surface area contributed by atoms with Crippen molar-refractivity contribution in [2.24, 2.45) is 7.05 Å². The van der Waals surface area contributed by atoms with Gasteiger partial charge in [0.15, 0.2) is 0 Å². The van der Waals surface area contributed by atoms with Gasteiger partial charge in [-0.15, -0.1) is 0 Å². The SMILES string of the molecule is CC(=O)Nc1ccc(Oc2ccc3nc(COc4ccc(Cc5sc(=O)[nH]c5O)cc4)n(C)c3c2)cc1. The Morgan fingerprint density at radius 2 is 1.76 bits per heavy atom. The number of aromatic nitrogens is 3. The number of thiazole rings is 1. The van der Waals surface area contributed by atoms with Crippen LogP contribution in [-0.4, -0.2) is 25.5 Å². The number of carbonyl (C=O) groups is 1. The Labute approximate surface area is 216 Å². The summed E-state index contributed by atoms with van der Waals surface area (Å²) in [7, 11) is 1.93. The minimum Gasteiger partial charge on any atom is -0.494 e. The number of imidazole rings is 1. The van der Waals surface area contributed by atoms with E-state index in [1.165, 1.54) is 6.92 Å². The molecule has 0 radical (unpaired) electrons. The molecular weight excluding hydrogens is 492 g/mol. The van der Waals surface area contributed by atoms with E-state index in [1.807, 2.05) is 54.1 Å². The predicted octanol–water partition coefficient (Wildman–Crippen LogP) is 4.95. The highest BCUT2D eigenvalue weighted by Crippen LogP contribution is 2.27. The van der Waals surface area contributed by atoms with Crippen molar-refractivity contribution in [3.8, 4) is 23.1 Å². The van der Waals surface area contributed by atoms with Gasteiger partial charge in [-0.3, -0.25) is 14.6 Å². The van der Waals surface area contributed by atoms with Crippen LogP contribution < -0.4 is 19.7 Å². The van der Waals surface area contributed by atoms with E-state index >= 15 is 0 Å². The molecule has 0 bridgehead atoms. The molecule has 5 aromatic rings. The van der Waals surface area contributed by atoms with Crippen LogP contribution in [0.4, 0.5) is 5.69 Å². The fraction of sp³-hybridized carbons (Fsp3) is 0.148. The summed E-state index contributed by atoms with van der Waals surface area (Å²) in [6.45, 7) is 1.75. The van der Waals surface area contributed by atoms with Crippen LogP contribution in [-0.2, 0) is 24.9 Å². The number of rotatable bonds is 8. The Morgan fingerprint density at radius 1 is 1.05 bits per heavy atom. The maximum atomic E-state index is 11.4. The molecule has 0 fully saturated rings. The highest BCUT2D eigenvalue weighted by atomic mass is 32.1. The standard InChI is InChI=1S/C27H24N4O5S/c1-16(32)28-18-5-9-20(10-6-18)36-21-11-12-22-23(14-21)31(2)25(29-22)15-35-19-7-3-17(4-8-19)13-24-26(33)30-27(34)37-24/h3-12,14,33H,13,15H2,1-2H3,(H,28,32)(H,30,34). The monoisotopic (exact) mass is 516 g/mol. The first-order valence-corrected chi connectivity index (χ1v) is 12.3. The van der Waals surface area contributed by atoms with Gasteiger partial charge in [-0.2, -0.15) is 0 Å². The molecular formula is C27H24N4O5S. The number of nitrogens with one attached hydrogen (secondary N) is 2. The molecule has 2 heterocycles. The summed E-state index contributed by atoms with van der Waals surface area (Å²) in [6, 6.07) is 20.4. The average molecular weight is 517 g/mol. The molecule has 37 heavy (non-hydrogen) atoms. The van der Waals surface area contributed by atoms with Crippen molar-refractivity contribution >= 4 is 34.0 Å². The summed E-state index contributed by atoms with van der Waals surface area (Å²) in [4.78, 5) is 29.9. The zero-order valence-corrected chi connectivity index (χ0v) is 21.0. The zero-order valence-electron chi connectivity index (χ0n) is 20.1. The summed E-state index contributed by atoms with van der Waals surface area (Å²) in [5, 5.41) is 12.5. The fourth-order valence-electron chi connectivity index (χ4n) is 3.87. The van der Waals surface area contributed by atoms with E-state index in [2.05, 4.69) is 15.3 Å². The van der Waals surface area contributed by atoms with Crippen molar-refractivity contribution in [1.29, 1.82) is 0 Å². The zero-order chi connectivity index (χ0) is 25.9. The van der Waals surface area contributed by atoms with E-state index in [-0.39, 0.29) is 23.3 Å². The molecule has 0 aliphatic heterocycles. The van der Waals surface area contributed by atoms with Gasteiger partial charge in [-0.25, -0.2) is 4.98 Å². The molecule has 1 amide bonds. The first-order chi connectivity index (χ1) is 17.8. The van der Waals surface area contributed by atoms with Crippen LogP contribution in [0.3, 0.4) is 0 Å². The van der Waals surface area contributed by atoms with E-state index in [4.69, 9.17) is 9.47 Å². The van der Waals surface area contributed by atoms with E-state index < -0.39 is 0 Å². The Morgan fingerprint density at radius 3 is 2.43 bits per heavy atom. The third-order valence-electron chi connectivity index (χ3n) is 5.71. The van der Waals surface area contributed by atoms with E-state index in [0.717, 1.165) is 33.8 Å².